The predicted molar refractivity (Wildman–Crippen MR) is 107 cm³/mol. The summed E-state index contributed by atoms with van der Waals surface area (Å²) in [5, 5.41) is 9.91. The SMILES string of the molecule is COC(=O)N(Cc1cccc(Cl)c1Cl)c1ccc2[nH]cc(C(=O)O)c(=O)c2c1. The van der Waals surface area contributed by atoms with Crippen LogP contribution in [0.3, 0.4) is 0 Å². The zero-order valence-corrected chi connectivity index (χ0v) is 16.0. The Kier molecular flexibility index (Phi) is 5.58. The number of hydrogen-bond acceptors (Lipinski definition) is 4. The second kappa shape index (κ2) is 7.92. The summed E-state index contributed by atoms with van der Waals surface area (Å²) in [6.45, 7) is 0.0358. The lowest BCUT2D eigenvalue weighted by Crippen LogP contribution is -2.30. The van der Waals surface area contributed by atoms with Crippen molar-refractivity contribution < 1.29 is 19.4 Å². The number of carboxylic acid groups (broad SMARTS) is 1. The summed E-state index contributed by atoms with van der Waals surface area (Å²) >= 11 is 12.3. The van der Waals surface area contributed by atoms with Crippen LogP contribution in [0, 0.1) is 0 Å². The molecule has 0 aliphatic heterocycles. The maximum absolute atomic E-state index is 12.5. The van der Waals surface area contributed by atoms with Gasteiger partial charge in [0.25, 0.3) is 0 Å². The van der Waals surface area contributed by atoms with E-state index in [9.17, 15) is 14.4 Å². The Morgan fingerprint density at radius 2 is 1.96 bits per heavy atom. The number of carbonyl (C=O) groups excluding carboxylic acids is 1. The van der Waals surface area contributed by atoms with Crippen LogP contribution in [0.15, 0.2) is 47.4 Å². The Hall–Kier alpha value is -3.03. The number of hydrogen-bond donors (Lipinski definition) is 2. The lowest BCUT2D eigenvalue weighted by molar-refractivity contribution is 0.0695. The van der Waals surface area contributed by atoms with Gasteiger partial charge in [-0.3, -0.25) is 9.69 Å². The molecule has 2 N–H and O–H groups in total. The molecule has 0 saturated carbocycles. The number of carbonyl (C=O) groups is 2. The summed E-state index contributed by atoms with van der Waals surface area (Å²) in [6, 6.07) is 9.64. The highest BCUT2D eigenvalue weighted by Crippen LogP contribution is 2.29. The second-order valence-electron chi connectivity index (χ2n) is 5.84. The molecule has 9 heteroatoms. The van der Waals surface area contributed by atoms with Gasteiger partial charge >= 0.3 is 12.1 Å². The maximum Gasteiger partial charge on any atom is 0.414 e. The predicted octanol–water partition coefficient (Wildman–Crippen LogP) is 4.31. The van der Waals surface area contributed by atoms with Crippen molar-refractivity contribution in [3.05, 3.63) is 74.0 Å². The Morgan fingerprint density at radius 3 is 2.64 bits per heavy atom. The monoisotopic (exact) mass is 420 g/mol. The van der Waals surface area contributed by atoms with Crippen LogP contribution in [0.1, 0.15) is 15.9 Å². The Morgan fingerprint density at radius 1 is 1.21 bits per heavy atom. The van der Waals surface area contributed by atoms with Crippen LogP contribution in [-0.4, -0.2) is 29.3 Å². The number of rotatable bonds is 4. The number of aromatic amines is 1. The summed E-state index contributed by atoms with van der Waals surface area (Å²) in [5.41, 5.74) is 0.293. The molecule has 3 rings (SSSR count). The van der Waals surface area contributed by atoms with Crippen LogP contribution in [0.4, 0.5) is 10.5 Å². The van der Waals surface area contributed by atoms with Gasteiger partial charge in [0, 0.05) is 22.8 Å². The van der Waals surface area contributed by atoms with Gasteiger partial charge in [-0.15, -0.1) is 0 Å². The molecule has 0 spiro atoms. The number of H-pyrrole nitrogens is 1. The van der Waals surface area contributed by atoms with Crippen LogP contribution >= 0.6 is 23.2 Å². The standard InChI is InChI=1S/C19H14Cl2N2O5/c1-28-19(27)23(9-10-3-2-4-14(20)16(10)21)11-5-6-15-12(7-11)17(24)13(8-22-15)18(25)26/h2-8H,9H2,1H3,(H,22,24)(H,25,26). The van der Waals surface area contributed by atoms with E-state index in [1.54, 1.807) is 30.3 Å². The molecule has 0 bridgehead atoms. The number of aromatic nitrogens is 1. The number of aromatic carboxylic acids is 1. The van der Waals surface area contributed by atoms with E-state index in [0.29, 0.717) is 26.8 Å². The highest BCUT2D eigenvalue weighted by molar-refractivity contribution is 6.42. The third kappa shape index (κ3) is 3.67. The number of anilines is 1. The molecule has 0 fully saturated rings. The molecular weight excluding hydrogens is 407 g/mol. The van der Waals surface area contributed by atoms with Gasteiger partial charge in [0.15, 0.2) is 0 Å². The first-order valence-corrected chi connectivity index (χ1v) is 8.76. The molecule has 0 aliphatic rings. The fourth-order valence-electron chi connectivity index (χ4n) is 2.75. The van der Waals surface area contributed by atoms with E-state index in [4.69, 9.17) is 33.0 Å². The molecule has 0 unspecified atom stereocenters. The minimum atomic E-state index is -1.34. The van der Waals surface area contributed by atoms with E-state index < -0.39 is 23.1 Å². The number of halogens is 2. The van der Waals surface area contributed by atoms with Gasteiger partial charge in [-0.05, 0) is 29.8 Å². The van der Waals surface area contributed by atoms with Gasteiger partial charge in [-0.2, -0.15) is 0 Å². The van der Waals surface area contributed by atoms with Crippen molar-refractivity contribution in [2.75, 3.05) is 12.0 Å². The van der Waals surface area contributed by atoms with Gasteiger partial charge in [-0.1, -0.05) is 35.3 Å². The number of methoxy groups -OCH3 is 1. The smallest absolute Gasteiger partial charge is 0.414 e. The number of fused-ring (bicyclic) bond motifs is 1. The Labute approximate surface area is 169 Å². The first-order valence-electron chi connectivity index (χ1n) is 8.00. The van der Waals surface area contributed by atoms with Gasteiger partial charge in [-0.25, -0.2) is 9.59 Å². The van der Waals surface area contributed by atoms with Crippen molar-refractivity contribution >= 4 is 51.9 Å². The number of nitrogens with zero attached hydrogens (tertiary/aromatic N) is 1. The van der Waals surface area contributed by atoms with E-state index >= 15 is 0 Å². The normalized spacial score (nSPS) is 10.7. The molecule has 0 radical (unpaired) electrons. The van der Waals surface area contributed by atoms with Crippen molar-refractivity contribution in [1.29, 1.82) is 0 Å². The number of pyridine rings is 1. The third-order valence-electron chi connectivity index (χ3n) is 4.16. The largest absolute Gasteiger partial charge is 0.477 e. The maximum atomic E-state index is 12.5. The molecule has 1 amide bonds. The molecule has 2 aromatic carbocycles. The van der Waals surface area contributed by atoms with E-state index in [-0.39, 0.29) is 11.9 Å². The van der Waals surface area contributed by atoms with Gasteiger partial charge in [0.1, 0.15) is 5.56 Å². The van der Waals surface area contributed by atoms with Gasteiger partial charge < -0.3 is 14.8 Å². The van der Waals surface area contributed by atoms with Crippen LogP contribution in [-0.2, 0) is 11.3 Å². The molecule has 0 saturated heterocycles. The van der Waals surface area contributed by atoms with Crippen molar-refractivity contribution in [3.8, 4) is 0 Å². The van der Waals surface area contributed by atoms with E-state index in [1.165, 1.54) is 18.1 Å². The minimum absolute atomic E-state index is 0.0358. The fourth-order valence-corrected chi connectivity index (χ4v) is 3.13. The molecule has 144 valence electrons. The summed E-state index contributed by atoms with van der Waals surface area (Å²) in [5.74, 6) is -1.34. The highest BCUT2D eigenvalue weighted by atomic mass is 35.5. The average molecular weight is 421 g/mol. The Balaban J connectivity index is 2.12. The molecule has 0 atom stereocenters. The van der Waals surface area contributed by atoms with Crippen LogP contribution in [0.25, 0.3) is 10.9 Å². The van der Waals surface area contributed by atoms with Crippen molar-refractivity contribution in [2.45, 2.75) is 6.54 Å². The average Bonchev–Trinajstić information content (AvgIpc) is 2.68. The topological polar surface area (TPSA) is 99.7 Å². The van der Waals surface area contributed by atoms with Gasteiger partial charge in [0.05, 0.1) is 23.7 Å². The van der Waals surface area contributed by atoms with Crippen molar-refractivity contribution in [1.82, 2.24) is 4.98 Å². The molecule has 0 aliphatic carbocycles. The van der Waals surface area contributed by atoms with Crippen LogP contribution in [0.2, 0.25) is 10.0 Å². The lowest BCUT2D eigenvalue weighted by atomic mass is 10.1. The molecule has 1 heterocycles. The zero-order valence-electron chi connectivity index (χ0n) is 14.5. The molecule has 7 nitrogen and oxygen atoms in total. The zero-order chi connectivity index (χ0) is 20.4. The third-order valence-corrected chi connectivity index (χ3v) is 5.02. The highest BCUT2D eigenvalue weighted by Gasteiger charge is 2.20. The molecule has 1 aromatic heterocycles. The number of nitrogens with one attached hydrogen (secondary N) is 1. The number of ether oxygens (including phenoxy) is 1. The minimum Gasteiger partial charge on any atom is -0.477 e. The molecule has 3 aromatic rings. The summed E-state index contributed by atoms with van der Waals surface area (Å²) in [4.78, 5) is 40.1. The van der Waals surface area contributed by atoms with Crippen LogP contribution < -0.4 is 10.3 Å². The molecular formula is C19H14Cl2N2O5. The molecule has 28 heavy (non-hydrogen) atoms. The summed E-state index contributed by atoms with van der Waals surface area (Å²) < 4.78 is 4.84. The van der Waals surface area contributed by atoms with Crippen molar-refractivity contribution in [3.63, 3.8) is 0 Å². The fraction of sp³-hybridized carbons (Fsp3) is 0.105. The second-order valence-corrected chi connectivity index (χ2v) is 6.62. The van der Waals surface area contributed by atoms with Crippen LogP contribution in [0.5, 0.6) is 0 Å². The van der Waals surface area contributed by atoms with Gasteiger partial charge in [0.2, 0.25) is 5.43 Å². The quantitative estimate of drug-likeness (QED) is 0.654. The number of benzene rings is 2. The first-order chi connectivity index (χ1) is 13.3. The van der Waals surface area contributed by atoms with E-state index in [2.05, 4.69) is 4.98 Å². The Bertz CT molecular complexity index is 1140. The first kappa shape index (κ1) is 19.7. The van der Waals surface area contributed by atoms with E-state index in [0.717, 1.165) is 6.20 Å². The lowest BCUT2D eigenvalue weighted by Gasteiger charge is -2.22. The summed E-state index contributed by atoms with van der Waals surface area (Å²) in [6.07, 6.45) is 0.456. The number of amides is 1. The van der Waals surface area contributed by atoms with Crippen molar-refractivity contribution in [2.24, 2.45) is 0 Å². The van der Waals surface area contributed by atoms with E-state index in [1.807, 2.05) is 0 Å². The number of carboxylic acids is 1. The summed E-state index contributed by atoms with van der Waals surface area (Å²) in [7, 11) is 1.23.